The van der Waals surface area contributed by atoms with Crippen LogP contribution in [0.4, 0.5) is 13.2 Å². The summed E-state index contributed by atoms with van der Waals surface area (Å²) in [6.07, 6.45) is 0. The summed E-state index contributed by atoms with van der Waals surface area (Å²) in [6, 6.07) is 12.8. The molecule has 0 bridgehead atoms. The monoisotopic (exact) mass is 527 g/mol. The smallest absolute Gasteiger partial charge is 0.489 e. The summed E-state index contributed by atoms with van der Waals surface area (Å²) in [5.41, 5.74) is -6.42. The van der Waals surface area contributed by atoms with Gasteiger partial charge in [0.25, 0.3) is 5.56 Å². The van der Waals surface area contributed by atoms with Gasteiger partial charge in [-0.3, -0.25) is 9.36 Å². The molecule has 0 saturated carbocycles. The number of aromatic nitrogens is 1. The van der Waals surface area contributed by atoms with Gasteiger partial charge in [-0.15, -0.1) is 0 Å². The van der Waals surface area contributed by atoms with E-state index in [0.29, 0.717) is 0 Å². The fraction of sp³-hybridized carbons (Fsp3) is 0.333. The fourth-order valence-corrected chi connectivity index (χ4v) is 3.89. The number of nitrogens with zero attached hydrogens (tertiary/aromatic N) is 1. The molecule has 12 heteroatoms. The number of ether oxygens (including phenoxy) is 2. The lowest BCUT2D eigenvalue weighted by atomic mass is 10.1. The molecule has 0 aliphatic rings. The topological polar surface area (TPSA) is 101 Å². The molecule has 0 aliphatic carbocycles. The molecule has 3 aromatic rings. The van der Waals surface area contributed by atoms with Crippen LogP contribution in [0, 0.1) is 5.92 Å². The number of fused-ring (bicyclic) bond motifs is 1. The maximum atomic E-state index is 13.4. The van der Waals surface area contributed by atoms with Crippen molar-refractivity contribution in [2.75, 3.05) is 6.61 Å². The van der Waals surface area contributed by atoms with Crippen molar-refractivity contribution in [3.05, 3.63) is 70.1 Å². The van der Waals surface area contributed by atoms with Gasteiger partial charge in [0.1, 0.15) is 12.4 Å². The van der Waals surface area contributed by atoms with E-state index in [9.17, 15) is 31.2 Å². The normalized spacial score (nSPS) is 12.1. The molecule has 0 fully saturated rings. The summed E-state index contributed by atoms with van der Waals surface area (Å²) in [5.74, 6) is -2.20. The summed E-state index contributed by atoms with van der Waals surface area (Å²) in [7, 11) is -6.18. The molecule has 0 amide bonds. The zero-order valence-electron chi connectivity index (χ0n) is 19.7. The van der Waals surface area contributed by atoms with Crippen LogP contribution >= 0.6 is 0 Å². The molecule has 36 heavy (non-hydrogen) atoms. The van der Waals surface area contributed by atoms with Crippen LogP contribution in [0.1, 0.15) is 36.8 Å². The molecular formula is C24H24F3NO7S. The lowest BCUT2D eigenvalue weighted by Gasteiger charge is -2.20. The highest BCUT2D eigenvalue weighted by atomic mass is 32.2. The fourth-order valence-electron chi connectivity index (χ4n) is 3.41. The third-order valence-electron chi connectivity index (χ3n) is 4.94. The van der Waals surface area contributed by atoms with Gasteiger partial charge < -0.3 is 13.7 Å². The SMILES string of the molecule is CCOC(=O)c1c(OS(=O)(=O)C(F)(F)F)c2ccc(OCc3ccccc3)cc2c(=O)n1CC(C)C. The Balaban J connectivity index is 2.27. The highest BCUT2D eigenvalue weighted by molar-refractivity contribution is 7.88. The minimum Gasteiger partial charge on any atom is -0.489 e. The van der Waals surface area contributed by atoms with E-state index < -0.39 is 38.6 Å². The van der Waals surface area contributed by atoms with Crippen LogP contribution < -0.4 is 14.5 Å². The molecule has 0 N–H and O–H groups in total. The van der Waals surface area contributed by atoms with Gasteiger partial charge in [0, 0.05) is 11.9 Å². The lowest BCUT2D eigenvalue weighted by Crippen LogP contribution is -2.33. The van der Waals surface area contributed by atoms with Gasteiger partial charge >= 0.3 is 21.6 Å². The van der Waals surface area contributed by atoms with Crippen molar-refractivity contribution in [3.63, 3.8) is 0 Å². The largest absolute Gasteiger partial charge is 0.534 e. The van der Waals surface area contributed by atoms with Crippen LogP contribution in [0.25, 0.3) is 10.8 Å². The van der Waals surface area contributed by atoms with Crippen molar-refractivity contribution in [2.24, 2.45) is 5.92 Å². The van der Waals surface area contributed by atoms with Crippen LogP contribution in [0.3, 0.4) is 0 Å². The first kappa shape index (κ1) is 27.1. The third-order valence-corrected chi connectivity index (χ3v) is 5.89. The van der Waals surface area contributed by atoms with E-state index in [2.05, 4.69) is 4.18 Å². The van der Waals surface area contributed by atoms with Crippen molar-refractivity contribution >= 4 is 26.9 Å². The van der Waals surface area contributed by atoms with Crippen LogP contribution in [-0.4, -0.2) is 31.1 Å². The van der Waals surface area contributed by atoms with E-state index in [1.54, 1.807) is 13.8 Å². The average molecular weight is 528 g/mol. The maximum Gasteiger partial charge on any atom is 0.534 e. The van der Waals surface area contributed by atoms with E-state index in [1.165, 1.54) is 25.1 Å². The van der Waals surface area contributed by atoms with E-state index in [0.717, 1.165) is 10.1 Å². The molecule has 0 spiro atoms. The number of hydrogen-bond acceptors (Lipinski definition) is 7. The number of carbonyl (C=O) groups is 1. The van der Waals surface area contributed by atoms with E-state index in [4.69, 9.17) is 9.47 Å². The number of halogens is 3. The minimum absolute atomic E-state index is 0.125. The van der Waals surface area contributed by atoms with Crippen molar-refractivity contribution in [2.45, 2.75) is 39.4 Å². The van der Waals surface area contributed by atoms with Crippen LogP contribution in [0.2, 0.25) is 0 Å². The number of hydrogen-bond donors (Lipinski definition) is 0. The Kier molecular flexibility index (Phi) is 7.97. The highest BCUT2D eigenvalue weighted by Gasteiger charge is 2.49. The molecule has 1 aromatic heterocycles. The summed E-state index contributed by atoms with van der Waals surface area (Å²) in [6.45, 7) is 4.70. The van der Waals surface area contributed by atoms with E-state index in [-0.39, 0.29) is 42.2 Å². The first-order valence-corrected chi connectivity index (χ1v) is 12.3. The quantitative estimate of drug-likeness (QED) is 0.227. The maximum absolute atomic E-state index is 13.4. The highest BCUT2D eigenvalue weighted by Crippen LogP contribution is 2.35. The van der Waals surface area contributed by atoms with Crippen LogP contribution in [0.5, 0.6) is 11.5 Å². The minimum atomic E-state index is -6.18. The zero-order chi connectivity index (χ0) is 26.7. The number of benzene rings is 2. The van der Waals surface area contributed by atoms with Crippen molar-refractivity contribution < 1.29 is 40.0 Å². The molecular weight excluding hydrogens is 503 g/mol. The first-order valence-electron chi connectivity index (χ1n) is 10.9. The Morgan fingerprint density at radius 3 is 2.31 bits per heavy atom. The van der Waals surface area contributed by atoms with Crippen LogP contribution in [-0.2, 0) is 28.0 Å². The standard InChI is InChI=1S/C24H24F3NO7S/c1-4-33-23(30)20-21(35-36(31,32)24(25,26)27)18-11-10-17(34-14-16-8-6-5-7-9-16)12-19(18)22(29)28(20)13-15(2)3/h5-12,15H,4,13-14H2,1-3H3. The molecule has 3 rings (SSSR count). The zero-order valence-corrected chi connectivity index (χ0v) is 20.5. The van der Waals surface area contributed by atoms with Gasteiger partial charge in [-0.25, -0.2) is 4.79 Å². The van der Waals surface area contributed by atoms with E-state index in [1.807, 2.05) is 30.3 Å². The second-order valence-electron chi connectivity index (χ2n) is 8.17. The number of alkyl halides is 3. The molecule has 0 atom stereocenters. The van der Waals surface area contributed by atoms with Gasteiger partial charge in [-0.05, 0) is 36.6 Å². The lowest BCUT2D eigenvalue weighted by molar-refractivity contribution is -0.0500. The Labute approximate surface area is 205 Å². The van der Waals surface area contributed by atoms with Gasteiger partial charge in [-0.2, -0.15) is 21.6 Å². The Morgan fingerprint density at radius 2 is 1.72 bits per heavy atom. The summed E-state index contributed by atoms with van der Waals surface area (Å²) < 4.78 is 79.4. The van der Waals surface area contributed by atoms with Crippen LogP contribution in [0.15, 0.2) is 53.3 Å². The Morgan fingerprint density at radius 1 is 1.06 bits per heavy atom. The van der Waals surface area contributed by atoms with Gasteiger partial charge in [-0.1, -0.05) is 44.2 Å². The second kappa shape index (κ2) is 10.6. The molecule has 2 aromatic carbocycles. The number of esters is 1. The predicted molar refractivity (Wildman–Crippen MR) is 125 cm³/mol. The third kappa shape index (κ3) is 5.81. The van der Waals surface area contributed by atoms with Crippen molar-refractivity contribution in [1.82, 2.24) is 4.57 Å². The summed E-state index contributed by atoms with van der Waals surface area (Å²) in [5, 5.41) is -0.510. The number of rotatable bonds is 9. The average Bonchev–Trinajstić information content (AvgIpc) is 2.80. The molecule has 0 radical (unpaired) electrons. The Hall–Kier alpha value is -3.54. The van der Waals surface area contributed by atoms with Gasteiger partial charge in [0.05, 0.1) is 12.0 Å². The number of carbonyl (C=O) groups excluding carboxylic acids is 1. The molecule has 0 aliphatic heterocycles. The molecule has 0 unspecified atom stereocenters. The van der Waals surface area contributed by atoms with Crippen molar-refractivity contribution in [1.29, 1.82) is 0 Å². The molecule has 0 saturated heterocycles. The van der Waals surface area contributed by atoms with Gasteiger partial charge in [0.15, 0.2) is 11.4 Å². The van der Waals surface area contributed by atoms with Gasteiger partial charge in [0.2, 0.25) is 0 Å². The Bertz CT molecular complexity index is 1420. The van der Waals surface area contributed by atoms with Crippen molar-refractivity contribution in [3.8, 4) is 11.5 Å². The van der Waals surface area contributed by atoms with E-state index >= 15 is 0 Å². The molecule has 194 valence electrons. The summed E-state index contributed by atoms with van der Waals surface area (Å²) in [4.78, 5) is 26.2. The summed E-state index contributed by atoms with van der Waals surface area (Å²) >= 11 is 0. The molecule has 1 heterocycles. The molecule has 8 nitrogen and oxygen atoms in total. The predicted octanol–water partition coefficient (Wildman–Crippen LogP) is 4.64. The second-order valence-corrected chi connectivity index (χ2v) is 9.71. The first-order chi connectivity index (χ1) is 16.9. The number of pyridine rings is 1.